The quantitative estimate of drug-likeness (QED) is 0.834. The third-order valence-electron chi connectivity index (χ3n) is 3.42. The van der Waals surface area contributed by atoms with E-state index in [2.05, 4.69) is 43.3 Å². The molecule has 0 fully saturated rings. The zero-order valence-electron chi connectivity index (χ0n) is 11.6. The first kappa shape index (κ1) is 15.0. The normalized spacial score (nSPS) is 11.6. The molecule has 4 nitrogen and oxygen atoms in total. The Balaban J connectivity index is 2.18. The zero-order chi connectivity index (χ0) is 13.6. The predicted octanol–water partition coefficient (Wildman–Crippen LogP) is 2.67. The molecule has 0 saturated carbocycles. The van der Waals surface area contributed by atoms with E-state index in [4.69, 9.17) is 0 Å². The van der Waals surface area contributed by atoms with E-state index < -0.39 is 0 Å². The standard InChI is InChI=1S/C13H23N3OS/c1-10(2)13(3,4)8-15-12(17)14-6-5-11-7-18-9-16-11/h7,9-10H,5-6,8H2,1-4H3,(H2,14,15,17). The van der Waals surface area contributed by atoms with Crippen molar-refractivity contribution in [2.75, 3.05) is 13.1 Å². The van der Waals surface area contributed by atoms with Crippen LogP contribution in [0.4, 0.5) is 4.79 Å². The number of carbonyl (C=O) groups excluding carboxylic acids is 1. The molecule has 0 spiro atoms. The number of nitrogens with one attached hydrogen (secondary N) is 2. The van der Waals surface area contributed by atoms with E-state index in [0.717, 1.165) is 12.1 Å². The predicted molar refractivity (Wildman–Crippen MR) is 75.8 cm³/mol. The van der Waals surface area contributed by atoms with Crippen LogP contribution in [0.1, 0.15) is 33.4 Å². The Kier molecular flexibility index (Phi) is 5.59. The molecule has 1 aromatic rings. The second-order valence-corrected chi connectivity index (χ2v) is 6.20. The number of urea groups is 1. The lowest BCUT2D eigenvalue weighted by atomic mass is 9.81. The van der Waals surface area contributed by atoms with Crippen molar-refractivity contribution in [1.82, 2.24) is 15.6 Å². The summed E-state index contributed by atoms with van der Waals surface area (Å²) in [6.07, 6.45) is 0.782. The lowest BCUT2D eigenvalue weighted by molar-refractivity contribution is 0.216. The van der Waals surface area contributed by atoms with Crippen molar-refractivity contribution < 1.29 is 4.79 Å². The Morgan fingerprint density at radius 3 is 2.72 bits per heavy atom. The topological polar surface area (TPSA) is 54.0 Å². The molecule has 18 heavy (non-hydrogen) atoms. The van der Waals surface area contributed by atoms with Crippen LogP contribution in [0.25, 0.3) is 0 Å². The maximum atomic E-state index is 11.6. The SMILES string of the molecule is CC(C)C(C)(C)CNC(=O)NCCc1cscn1. The summed E-state index contributed by atoms with van der Waals surface area (Å²) in [5.41, 5.74) is 2.95. The fourth-order valence-electron chi connectivity index (χ4n) is 1.24. The van der Waals surface area contributed by atoms with Crippen molar-refractivity contribution in [2.45, 2.75) is 34.1 Å². The van der Waals surface area contributed by atoms with Crippen molar-refractivity contribution in [2.24, 2.45) is 11.3 Å². The van der Waals surface area contributed by atoms with Gasteiger partial charge in [0, 0.05) is 24.9 Å². The molecule has 0 unspecified atom stereocenters. The van der Waals surface area contributed by atoms with Crippen molar-refractivity contribution >= 4 is 17.4 Å². The number of hydrogen-bond acceptors (Lipinski definition) is 3. The van der Waals surface area contributed by atoms with Crippen LogP contribution in [0.5, 0.6) is 0 Å². The lowest BCUT2D eigenvalue weighted by Crippen LogP contribution is -2.42. The summed E-state index contributed by atoms with van der Waals surface area (Å²) < 4.78 is 0. The van der Waals surface area contributed by atoms with Crippen LogP contribution in [-0.2, 0) is 6.42 Å². The van der Waals surface area contributed by atoms with E-state index in [1.54, 1.807) is 16.8 Å². The van der Waals surface area contributed by atoms with Gasteiger partial charge in [-0.3, -0.25) is 0 Å². The highest BCUT2D eigenvalue weighted by Gasteiger charge is 2.22. The fraction of sp³-hybridized carbons (Fsp3) is 0.692. The van der Waals surface area contributed by atoms with Crippen LogP contribution in [0.15, 0.2) is 10.9 Å². The van der Waals surface area contributed by atoms with Gasteiger partial charge in [-0.15, -0.1) is 11.3 Å². The minimum absolute atomic E-state index is 0.0982. The number of hydrogen-bond donors (Lipinski definition) is 2. The maximum absolute atomic E-state index is 11.6. The van der Waals surface area contributed by atoms with E-state index in [0.29, 0.717) is 19.0 Å². The summed E-state index contributed by atoms with van der Waals surface area (Å²) in [4.78, 5) is 15.8. The van der Waals surface area contributed by atoms with Crippen molar-refractivity contribution in [3.8, 4) is 0 Å². The molecule has 0 aliphatic heterocycles. The molecule has 0 bridgehead atoms. The molecular formula is C13H23N3OS. The molecule has 0 aromatic carbocycles. The van der Waals surface area contributed by atoms with E-state index in [1.165, 1.54) is 0 Å². The van der Waals surface area contributed by atoms with Gasteiger partial charge in [0.15, 0.2) is 0 Å². The molecular weight excluding hydrogens is 246 g/mol. The van der Waals surface area contributed by atoms with Gasteiger partial charge >= 0.3 is 6.03 Å². The van der Waals surface area contributed by atoms with Crippen molar-refractivity contribution in [1.29, 1.82) is 0 Å². The van der Waals surface area contributed by atoms with Gasteiger partial charge in [0.2, 0.25) is 0 Å². The molecule has 0 aliphatic rings. The molecule has 0 aliphatic carbocycles. The minimum Gasteiger partial charge on any atom is -0.338 e. The van der Waals surface area contributed by atoms with E-state index in [9.17, 15) is 4.79 Å². The number of amides is 2. The summed E-state index contributed by atoms with van der Waals surface area (Å²) in [7, 11) is 0. The van der Waals surface area contributed by atoms with E-state index >= 15 is 0 Å². The Morgan fingerprint density at radius 1 is 1.44 bits per heavy atom. The Hall–Kier alpha value is -1.10. The first-order chi connectivity index (χ1) is 8.42. The Labute approximate surface area is 113 Å². The number of thiazole rings is 1. The van der Waals surface area contributed by atoms with Gasteiger partial charge in [-0.2, -0.15) is 0 Å². The minimum atomic E-state index is -0.0982. The lowest BCUT2D eigenvalue weighted by Gasteiger charge is -2.29. The average molecular weight is 269 g/mol. The molecule has 102 valence electrons. The molecule has 2 N–H and O–H groups in total. The molecule has 2 amide bonds. The first-order valence-corrected chi connectivity index (χ1v) is 7.25. The number of rotatable bonds is 6. The van der Waals surface area contributed by atoms with E-state index in [1.807, 2.05) is 5.38 Å². The monoisotopic (exact) mass is 269 g/mol. The van der Waals surface area contributed by atoms with Crippen molar-refractivity contribution in [3.05, 3.63) is 16.6 Å². The Morgan fingerprint density at radius 2 is 2.17 bits per heavy atom. The molecule has 0 atom stereocenters. The van der Waals surface area contributed by atoms with Gasteiger partial charge in [-0.25, -0.2) is 9.78 Å². The number of aromatic nitrogens is 1. The Bertz CT molecular complexity index is 360. The summed E-state index contributed by atoms with van der Waals surface area (Å²) in [5, 5.41) is 7.76. The summed E-state index contributed by atoms with van der Waals surface area (Å²) in [6, 6.07) is -0.0982. The third kappa shape index (κ3) is 5.04. The van der Waals surface area contributed by atoms with Gasteiger partial charge < -0.3 is 10.6 Å². The average Bonchev–Trinajstić information content (AvgIpc) is 2.79. The van der Waals surface area contributed by atoms with Crippen LogP contribution in [0, 0.1) is 11.3 Å². The van der Waals surface area contributed by atoms with Crippen LogP contribution < -0.4 is 10.6 Å². The highest BCUT2D eigenvalue weighted by molar-refractivity contribution is 7.07. The molecule has 5 heteroatoms. The fourth-order valence-corrected chi connectivity index (χ4v) is 1.83. The molecule has 0 radical (unpaired) electrons. The van der Waals surface area contributed by atoms with Crippen LogP contribution in [0.3, 0.4) is 0 Å². The highest BCUT2D eigenvalue weighted by Crippen LogP contribution is 2.24. The van der Waals surface area contributed by atoms with Gasteiger partial charge in [0.1, 0.15) is 0 Å². The molecule has 1 aromatic heterocycles. The number of nitrogens with zero attached hydrogens (tertiary/aromatic N) is 1. The zero-order valence-corrected chi connectivity index (χ0v) is 12.4. The number of carbonyl (C=O) groups is 1. The van der Waals surface area contributed by atoms with Crippen molar-refractivity contribution in [3.63, 3.8) is 0 Å². The first-order valence-electron chi connectivity index (χ1n) is 6.30. The summed E-state index contributed by atoms with van der Waals surface area (Å²) >= 11 is 1.58. The van der Waals surface area contributed by atoms with Gasteiger partial charge in [-0.1, -0.05) is 27.7 Å². The van der Waals surface area contributed by atoms with Gasteiger partial charge in [0.25, 0.3) is 0 Å². The smallest absolute Gasteiger partial charge is 0.314 e. The molecule has 1 rings (SSSR count). The maximum Gasteiger partial charge on any atom is 0.314 e. The van der Waals surface area contributed by atoms with Gasteiger partial charge in [-0.05, 0) is 11.3 Å². The van der Waals surface area contributed by atoms with Crippen LogP contribution in [-0.4, -0.2) is 24.1 Å². The second-order valence-electron chi connectivity index (χ2n) is 5.48. The van der Waals surface area contributed by atoms with Crippen LogP contribution in [0.2, 0.25) is 0 Å². The van der Waals surface area contributed by atoms with Crippen LogP contribution >= 0.6 is 11.3 Å². The molecule has 0 saturated heterocycles. The molecule has 1 heterocycles. The van der Waals surface area contributed by atoms with E-state index in [-0.39, 0.29) is 11.4 Å². The summed E-state index contributed by atoms with van der Waals surface area (Å²) in [5.74, 6) is 0.535. The van der Waals surface area contributed by atoms with Gasteiger partial charge in [0.05, 0.1) is 11.2 Å². The second kappa shape index (κ2) is 6.73. The summed E-state index contributed by atoms with van der Waals surface area (Å²) in [6.45, 7) is 9.97. The largest absolute Gasteiger partial charge is 0.338 e. The highest BCUT2D eigenvalue weighted by atomic mass is 32.1. The third-order valence-corrected chi connectivity index (χ3v) is 4.05.